The van der Waals surface area contributed by atoms with Gasteiger partial charge in [-0.3, -0.25) is 9.59 Å². The maximum atomic E-state index is 12.4. The highest BCUT2D eigenvalue weighted by Crippen LogP contribution is 2.20. The smallest absolute Gasteiger partial charge is 0.256 e. The normalized spacial score (nSPS) is 10.5. The molecule has 0 bridgehead atoms. The number of hydrogen-bond donors (Lipinski definition) is 2. The van der Waals surface area contributed by atoms with E-state index in [2.05, 4.69) is 40.4 Å². The van der Waals surface area contributed by atoms with Gasteiger partial charge in [-0.2, -0.15) is 0 Å². The van der Waals surface area contributed by atoms with Gasteiger partial charge in [-0.15, -0.1) is 0 Å². The van der Waals surface area contributed by atoms with E-state index in [0.717, 1.165) is 6.42 Å². The molecule has 0 unspecified atom stereocenters. The molecule has 5 heteroatoms. The highest BCUT2D eigenvalue weighted by atomic mass is 79.9. The summed E-state index contributed by atoms with van der Waals surface area (Å²) in [5.74, 6) is 0.0826. The molecule has 2 amide bonds. The molecule has 0 aliphatic rings. The number of anilines is 1. The Bertz CT molecular complexity index is 729. The largest absolute Gasteiger partial charge is 0.352 e. The van der Waals surface area contributed by atoms with Crippen LogP contribution in [0.1, 0.15) is 41.0 Å². The summed E-state index contributed by atoms with van der Waals surface area (Å²) in [4.78, 5) is 24.8. The van der Waals surface area contributed by atoms with Crippen molar-refractivity contribution in [3.05, 3.63) is 64.1 Å². The summed E-state index contributed by atoms with van der Waals surface area (Å²) in [6.07, 6.45) is 0.914. The van der Waals surface area contributed by atoms with Gasteiger partial charge in [0, 0.05) is 11.0 Å². The van der Waals surface area contributed by atoms with Crippen molar-refractivity contribution >= 4 is 33.4 Å². The zero-order valence-electron chi connectivity index (χ0n) is 13.8. The summed E-state index contributed by atoms with van der Waals surface area (Å²) < 4.78 is 0.710. The topological polar surface area (TPSA) is 58.2 Å². The first-order valence-corrected chi connectivity index (χ1v) is 8.71. The number of carbonyl (C=O) groups excluding carboxylic acids is 2. The Morgan fingerprint density at radius 3 is 2.25 bits per heavy atom. The Hall–Kier alpha value is -2.14. The van der Waals surface area contributed by atoms with Crippen molar-refractivity contribution in [1.29, 1.82) is 0 Å². The van der Waals surface area contributed by atoms with Crippen LogP contribution in [0.5, 0.6) is 0 Å². The first-order valence-electron chi connectivity index (χ1n) is 7.92. The fourth-order valence-electron chi connectivity index (χ4n) is 2.19. The average molecular weight is 389 g/mol. The third kappa shape index (κ3) is 4.93. The van der Waals surface area contributed by atoms with E-state index in [1.54, 1.807) is 42.5 Å². The molecule has 0 radical (unpaired) electrons. The van der Waals surface area contributed by atoms with Crippen molar-refractivity contribution in [2.24, 2.45) is 5.92 Å². The maximum absolute atomic E-state index is 12.4. The zero-order valence-corrected chi connectivity index (χ0v) is 15.4. The van der Waals surface area contributed by atoms with Crippen LogP contribution in [0, 0.1) is 5.92 Å². The summed E-state index contributed by atoms with van der Waals surface area (Å²) in [5.41, 5.74) is 1.48. The molecular formula is C19H21BrN2O2. The van der Waals surface area contributed by atoms with E-state index in [4.69, 9.17) is 0 Å². The van der Waals surface area contributed by atoms with Gasteiger partial charge < -0.3 is 10.6 Å². The first-order chi connectivity index (χ1) is 11.5. The third-order valence-electron chi connectivity index (χ3n) is 3.55. The molecule has 0 fully saturated rings. The van der Waals surface area contributed by atoms with E-state index < -0.39 is 0 Å². The number of benzene rings is 2. The molecule has 2 aromatic carbocycles. The fourth-order valence-corrected chi connectivity index (χ4v) is 2.66. The molecule has 0 aliphatic heterocycles. The van der Waals surface area contributed by atoms with Gasteiger partial charge in [0.2, 0.25) is 0 Å². The van der Waals surface area contributed by atoms with E-state index in [1.165, 1.54) is 0 Å². The number of nitrogens with one attached hydrogen (secondary N) is 2. The number of para-hydroxylation sites is 1. The second-order valence-corrected chi connectivity index (χ2v) is 6.77. The van der Waals surface area contributed by atoms with Crippen LogP contribution in [0.3, 0.4) is 0 Å². The lowest BCUT2D eigenvalue weighted by Gasteiger charge is -2.12. The minimum absolute atomic E-state index is 0.182. The van der Waals surface area contributed by atoms with Crippen molar-refractivity contribution in [1.82, 2.24) is 5.32 Å². The SMILES string of the molecule is CC(C)CCNC(=O)c1ccccc1NC(=O)c1ccccc1Br. The molecule has 0 spiro atoms. The van der Waals surface area contributed by atoms with E-state index >= 15 is 0 Å². The molecule has 2 rings (SSSR count). The van der Waals surface area contributed by atoms with Gasteiger partial charge in [-0.1, -0.05) is 38.1 Å². The van der Waals surface area contributed by atoms with Gasteiger partial charge in [0.25, 0.3) is 11.8 Å². The number of amides is 2. The van der Waals surface area contributed by atoms with Gasteiger partial charge >= 0.3 is 0 Å². The van der Waals surface area contributed by atoms with Crippen LogP contribution >= 0.6 is 15.9 Å². The third-order valence-corrected chi connectivity index (χ3v) is 4.24. The Morgan fingerprint density at radius 2 is 1.58 bits per heavy atom. The number of carbonyl (C=O) groups is 2. The van der Waals surface area contributed by atoms with Crippen LogP contribution in [0.2, 0.25) is 0 Å². The van der Waals surface area contributed by atoms with Crippen LogP contribution in [0.4, 0.5) is 5.69 Å². The molecule has 2 N–H and O–H groups in total. The summed E-state index contributed by atoms with van der Waals surface area (Å²) in [5, 5.41) is 5.71. The van der Waals surface area contributed by atoms with Crippen molar-refractivity contribution < 1.29 is 9.59 Å². The summed E-state index contributed by atoms with van der Waals surface area (Å²) in [7, 11) is 0. The van der Waals surface area contributed by atoms with Crippen molar-refractivity contribution in [3.63, 3.8) is 0 Å². The summed E-state index contributed by atoms with van der Waals surface area (Å²) in [6, 6.07) is 14.2. The Morgan fingerprint density at radius 1 is 0.958 bits per heavy atom. The monoisotopic (exact) mass is 388 g/mol. The lowest BCUT2D eigenvalue weighted by atomic mass is 10.1. The molecule has 0 saturated carbocycles. The molecule has 0 aromatic heterocycles. The summed E-state index contributed by atoms with van der Waals surface area (Å²) >= 11 is 3.37. The standard InChI is InChI=1S/C19H21BrN2O2/c1-13(2)11-12-21-18(23)15-8-4-6-10-17(15)22-19(24)14-7-3-5-9-16(14)20/h3-10,13H,11-12H2,1-2H3,(H,21,23)(H,22,24). The van der Waals surface area contributed by atoms with Gasteiger partial charge in [0.05, 0.1) is 16.8 Å². The highest BCUT2D eigenvalue weighted by molar-refractivity contribution is 9.10. The Kier molecular flexibility index (Phi) is 6.55. The number of halogens is 1. The van der Waals surface area contributed by atoms with E-state index in [0.29, 0.717) is 33.7 Å². The fraction of sp³-hybridized carbons (Fsp3) is 0.263. The molecule has 0 heterocycles. The quantitative estimate of drug-likeness (QED) is 0.766. The molecule has 2 aromatic rings. The average Bonchev–Trinajstić information content (AvgIpc) is 2.55. The number of hydrogen-bond acceptors (Lipinski definition) is 2. The van der Waals surface area contributed by atoms with E-state index in [9.17, 15) is 9.59 Å². The van der Waals surface area contributed by atoms with Crippen molar-refractivity contribution in [2.75, 3.05) is 11.9 Å². The van der Waals surface area contributed by atoms with Crippen LogP contribution < -0.4 is 10.6 Å². The second-order valence-electron chi connectivity index (χ2n) is 5.92. The van der Waals surface area contributed by atoms with Crippen LogP contribution in [0.15, 0.2) is 53.0 Å². The molecule has 126 valence electrons. The van der Waals surface area contributed by atoms with Gasteiger partial charge in [0.1, 0.15) is 0 Å². The van der Waals surface area contributed by atoms with Gasteiger partial charge in [-0.25, -0.2) is 0 Å². The number of rotatable bonds is 6. The van der Waals surface area contributed by atoms with Crippen LogP contribution in [-0.4, -0.2) is 18.4 Å². The maximum Gasteiger partial charge on any atom is 0.256 e. The van der Waals surface area contributed by atoms with E-state index in [-0.39, 0.29) is 11.8 Å². The molecular weight excluding hydrogens is 368 g/mol. The van der Waals surface area contributed by atoms with E-state index in [1.807, 2.05) is 6.07 Å². The summed E-state index contributed by atoms with van der Waals surface area (Å²) in [6.45, 7) is 4.83. The lowest BCUT2D eigenvalue weighted by Crippen LogP contribution is -2.26. The minimum atomic E-state index is -0.259. The second kappa shape index (κ2) is 8.64. The van der Waals surface area contributed by atoms with Gasteiger partial charge in [0.15, 0.2) is 0 Å². The van der Waals surface area contributed by atoms with Crippen LogP contribution in [-0.2, 0) is 0 Å². The van der Waals surface area contributed by atoms with Gasteiger partial charge in [-0.05, 0) is 52.5 Å². The molecule has 24 heavy (non-hydrogen) atoms. The minimum Gasteiger partial charge on any atom is -0.352 e. The molecule has 0 atom stereocenters. The Balaban J connectivity index is 2.12. The Labute approximate surface area is 150 Å². The predicted molar refractivity (Wildman–Crippen MR) is 100 cm³/mol. The lowest BCUT2D eigenvalue weighted by molar-refractivity contribution is 0.0953. The predicted octanol–water partition coefficient (Wildman–Crippen LogP) is 4.48. The molecule has 0 aliphatic carbocycles. The van der Waals surface area contributed by atoms with Crippen molar-refractivity contribution in [2.45, 2.75) is 20.3 Å². The molecule has 0 saturated heterocycles. The highest BCUT2D eigenvalue weighted by Gasteiger charge is 2.15. The zero-order chi connectivity index (χ0) is 17.5. The van der Waals surface area contributed by atoms with Crippen molar-refractivity contribution in [3.8, 4) is 0 Å². The molecule has 4 nitrogen and oxygen atoms in total. The van der Waals surface area contributed by atoms with Crippen LogP contribution in [0.25, 0.3) is 0 Å². The first kappa shape index (κ1) is 18.2.